The van der Waals surface area contributed by atoms with Crippen LogP contribution in [0.3, 0.4) is 0 Å². The molecule has 0 saturated carbocycles. The predicted molar refractivity (Wildman–Crippen MR) is 98.1 cm³/mol. The van der Waals surface area contributed by atoms with E-state index >= 15 is 0 Å². The van der Waals surface area contributed by atoms with Gasteiger partial charge in [0.1, 0.15) is 0 Å². The lowest BCUT2D eigenvalue weighted by Gasteiger charge is -2.34. The van der Waals surface area contributed by atoms with Crippen molar-refractivity contribution in [2.75, 3.05) is 13.1 Å². The molecule has 2 N–H and O–H groups in total. The molecule has 1 atom stereocenters. The Bertz CT molecular complexity index is 752. The lowest BCUT2D eigenvalue weighted by atomic mass is 10.1. The number of hydrogen-bond acceptors (Lipinski definition) is 4. The number of nitrogens with zero attached hydrogens (tertiary/aromatic N) is 3. The van der Waals surface area contributed by atoms with Crippen molar-refractivity contribution in [1.29, 1.82) is 0 Å². The van der Waals surface area contributed by atoms with Crippen LogP contribution in [0.4, 0.5) is 0 Å². The Labute approximate surface area is 153 Å². The van der Waals surface area contributed by atoms with E-state index < -0.39 is 6.04 Å². The summed E-state index contributed by atoms with van der Waals surface area (Å²) in [5.41, 5.74) is 2.99. The Balaban J connectivity index is 1.59. The van der Waals surface area contributed by atoms with Gasteiger partial charge < -0.3 is 10.6 Å². The van der Waals surface area contributed by atoms with E-state index in [1.54, 1.807) is 4.68 Å². The molecular formula is C19H25N5O2. The Kier molecular flexibility index (Phi) is 5.68. The molecule has 0 aliphatic carbocycles. The third-order valence-corrected chi connectivity index (χ3v) is 4.68. The van der Waals surface area contributed by atoms with Crippen molar-refractivity contribution in [3.8, 4) is 0 Å². The van der Waals surface area contributed by atoms with Crippen LogP contribution in [0.5, 0.6) is 0 Å². The van der Waals surface area contributed by atoms with Crippen molar-refractivity contribution in [1.82, 2.24) is 25.3 Å². The fraction of sp³-hybridized carbons (Fsp3) is 0.421. The zero-order valence-corrected chi connectivity index (χ0v) is 15.2. The Hall–Kier alpha value is -2.67. The van der Waals surface area contributed by atoms with Crippen LogP contribution in [0.2, 0.25) is 0 Å². The minimum atomic E-state index is -0.450. The third kappa shape index (κ3) is 4.49. The first-order valence-electron chi connectivity index (χ1n) is 8.85. The van der Waals surface area contributed by atoms with E-state index in [1.165, 1.54) is 0 Å². The van der Waals surface area contributed by atoms with Gasteiger partial charge in [-0.2, -0.15) is 5.10 Å². The van der Waals surface area contributed by atoms with Gasteiger partial charge in [0.25, 0.3) is 0 Å². The van der Waals surface area contributed by atoms with E-state index in [-0.39, 0.29) is 18.2 Å². The maximum atomic E-state index is 12.4. The molecular weight excluding hydrogens is 330 g/mol. The predicted octanol–water partition coefficient (Wildman–Crippen LogP) is 0.735. The van der Waals surface area contributed by atoms with Crippen LogP contribution < -0.4 is 10.6 Å². The molecule has 1 saturated heterocycles. The molecule has 1 unspecified atom stereocenters. The second-order valence-corrected chi connectivity index (χ2v) is 6.64. The summed E-state index contributed by atoms with van der Waals surface area (Å²) >= 11 is 0. The molecule has 0 bridgehead atoms. The lowest BCUT2D eigenvalue weighted by molar-refractivity contribution is -0.134. The fourth-order valence-electron chi connectivity index (χ4n) is 3.15. The summed E-state index contributed by atoms with van der Waals surface area (Å²) in [6, 6.07) is 11.5. The van der Waals surface area contributed by atoms with Gasteiger partial charge in [-0.3, -0.25) is 19.2 Å². The molecule has 0 radical (unpaired) electrons. The van der Waals surface area contributed by atoms with Crippen LogP contribution in [0.15, 0.2) is 36.4 Å². The SMILES string of the molecule is Cc1cc(CNC(=O)CC2C(=O)NCCN2Cc2ccccc2)nn1C. The normalized spacial score (nSPS) is 17.8. The second kappa shape index (κ2) is 8.14. The van der Waals surface area contributed by atoms with Crippen molar-refractivity contribution in [2.24, 2.45) is 7.05 Å². The molecule has 3 rings (SSSR count). The topological polar surface area (TPSA) is 79.3 Å². The van der Waals surface area contributed by atoms with Crippen molar-refractivity contribution in [3.63, 3.8) is 0 Å². The molecule has 0 spiro atoms. The van der Waals surface area contributed by atoms with Gasteiger partial charge in [0.2, 0.25) is 11.8 Å². The van der Waals surface area contributed by atoms with E-state index in [9.17, 15) is 9.59 Å². The average Bonchev–Trinajstić information content (AvgIpc) is 2.95. The van der Waals surface area contributed by atoms with Crippen LogP contribution in [0.25, 0.3) is 0 Å². The zero-order chi connectivity index (χ0) is 18.5. The maximum Gasteiger partial charge on any atom is 0.237 e. The molecule has 7 heteroatoms. The monoisotopic (exact) mass is 355 g/mol. The van der Waals surface area contributed by atoms with Gasteiger partial charge in [-0.1, -0.05) is 30.3 Å². The van der Waals surface area contributed by atoms with Gasteiger partial charge >= 0.3 is 0 Å². The summed E-state index contributed by atoms with van der Waals surface area (Å²) in [7, 11) is 1.87. The quantitative estimate of drug-likeness (QED) is 0.801. The standard InChI is InChI=1S/C19H25N5O2/c1-14-10-16(22-23(14)2)12-21-18(25)11-17-19(26)20-8-9-24(17)13-15-6-4-3-5-7-15/h3-7,10,17H,8-9,11-13H2,1-2H3,(H,20,26)(H,21,25). The summed E-state index contributed by atoms with van der Waals surface area (Å²) in [5, 5.41) is 10.1. The molecule has 1 aromatic carbocycles. The first-order chi connectivity index (χ1) is 12.5. The number of benzene rings is 1. The maximum absolute atomic E-state index is 12.4. The van der Waals surface area contributed by atoms with Gasteiger partial charge in [0, 0.05) is 32.4 Å². The molecule has 1 aromatic heterocycles. The van der Waals surface area contributed by atoms with Crippen molar-refractivity contribution >= 4 is 11.8 Å². The van der Waals surface area contributed by atoms with Crippen molar-refractivity contribution < 1.29 is 9.59 Å². The number of nitrogens with one attached hydrogen (secondary N) is 2. The van der Waals surface area contributed by atoms with E-state index in [0.717, 1.165) is 23.5 Å². The summed E-state index contributed by atoms with van der Waals surface area (Å²) in [4.78, 5) is 26.7. The molecule has 138 valence electrons. The third-order valence-electron chi connectivity index (χ3n) is 4.68. The van der Waals surface area contributed by atoms with Crippen LogP contribution in [0, 0.1) is 6.92 Å². The highest BCUT2D eigenvalue weighted by molar-refractivity contribution is 5.88. The van der Waals surface area contributed by atoms with Gasteiger partial charge in [-0.05, 0) is 18.6 Å². The molecule has 26 heavy (non-hydrogen) atoms. The van der Waals surface area contributed by atoms with Crippen LogP contribution in [-0.2, 0) is 29.7 Å². The van der Waals surface area contributed by atoms with Crippen molar-refractivity contribution in [3.05, 3.63) is 53.3 Å². The highest BCUT2D eigenvalue weighted by Crippen LogP contribution is 2.14. The smallest absolute Gasteiger partial charge is 0.237 e. The van der Waals surface area contributed by atoms with E-state index in [1.807, 2.05) is 50.4 Å². The number of piperazine rings is 1. The highest BCUT2D eigenvalue weighted by atomic mass is 16.2. The second-order valence-electron chi connectivity index (χ2n) is 6.64. The molecule has 1 aliphatic heterocycles. The summed E-state index contributed by atoms with van der Waals surface area (Å²) < 4.78 is 1.78. The Morgan fingerprint density at radius 2 is 2.12 bits per heavy atom. The Morgan fingerprint density at radius 3 is 2.81 bits per heavy atom. The minimum absolute atomic E-state index is 0.0870. The Morgan fingerprint density at radius 1 is 1.35 bits per heavy atom. The molecule has 2 heterocycles. The first kappa shape index (κ1) is 18.1. The number of rotatable bonds is 6. The summed E-state index contributed by atoms with van der Waals surface area (Å²) in [6.07, 6.45) is 0.143. The van der Waals surface area contributed by atoms with Gasteiger partial charge in [0.15, 0.2) is 0 Å². The summed E-state index contributed by atoms with van der Waals surface area (Å²) in [5.74, 6) is -0.232. The van der Waals surface area contributed by atoms with E-state index in [0.29, 0.717) is 19.6 Å². The number of aryl methyl sites for hydroxylation is 2. The molecule has 1 aliphatic rings. The van der Waals surface area contributed by atoms with Crippen LogP contribution in [0.1, 0.15) is 23.4 Å². The number of carbonyl (C=O) groups is 2. The molecule has 7 nitrogen and oxygen atoms in total. The number of aromatic nitrogens is 2. The number of carbonyl (C=O) groups excluding carboxylic acids is 2. The van der Waals surface area contributed by atoms with E-state index in [2.05, 4.69) is 20.6 Å². The van der Waals surface area contributed by atoms with Crippen molar-refractivity contribution in [2.45, 2.75) is 32.5 Å². The minimum Gasteiger partial charge on any atom is -0.353 e. The number of amides is 2. The van der Waals surface area contributed by atoms with Crippen LogP contribution in [-0.4, -0.2) is 45.6 Å². The molecule has 2 amide bonds. The van der Waals surface area contributed by atoms with Gasteiger partial charge in [-0.25, -0.2) is 0 Å². The molecule has 2 aromatic rings. The van der Waals surface area contributed by atoms with E-state index in [4.69, 9.17) is 0 Å². The van der Waals surface area contributed by atoms with Gasteiger partial charge in [-0.15, -0.1) is 0 Å². The largest absolute Gasteiger partial charge is 0.353 e. The average molecular weight is 355 g/mol. The zero-order valence-electron chi connectivity index (χ0n) is 15.2. The van der Waals surface area contributed by atoms with Crippen LogP contribution >= 0.6 is 0 Å². The summed E-state index contributed by atoms with van der Waals surface area (Å²) in [6.45, 7) is 4.33. The molecule has 1 fully saturated rings. The fourth-order valence-corrected chi connectivity index (χ4v) is 3.15. The van der Waals surface area contributed by atoms with Gasteiger partial charge in [0.05, 0.1) is 24.7 Å². The first-order valence-corrected chi connectivity index (χ1v) is 8.85. The lowest BCUT2D eigenvalue weighted by Crippen LogP contribution is -2.56. The highest BCUT2D eigenvalue weighted by Gasteiger charge is 2.31. The number of hydrogen-bond donors (Lipinski definition) is 2.